The smallest absolute Gasteiger partial charge is 0.339 e. The van der Waals surface area contributed by atoms with Crippen molar-refractivity contribution >= 4 is 28.3 Å². The van der Waals surface area contributed by atoms with Crippen molar-refractivity contribution in [2.75, 3.05) is 25.1 Å². The van der Waals surface area contributed by atoms with Crippen LogP contribution in [0, 0.1) is 0 Å². The lowest BCUT2D eigenvalue weighted by Gasteiger charge is -2.29. The van der Waals surface area contributed by atoms with E-state index in [9.17, 15) is 9.59 Å². The van der Waals surface area contributed by atoms with E-state index < -0.39 is 5.97 Å². The topological polar surface area (TPSA) is 49.9 Å². The number of esters is 1. The first-order valence-corrected chi connectivity index (χ1v) is 10.9. The molecule has 31 heavy (non-hydrogen) atoms. The van der Waals surface area contributed by atoms with Gasteiger partial charge < -0.3 is 14.5 Å². The quantitative estimate of drug-likeness (QED) is 0.577. The van der Waals surface area contributed by atoms with Gasteiger partial charge in [0.25, 0.3) is 5.91 Å². The Morgan fingerprint density at radius 2 is 1.77 bits per heavy atom. The van der Waals surface area contributed by atoms with E-state index in [-0.39, 0.29) is 5.91 Å². The van der Waals surface area contributed by atoms with Gasteiger partial charge in [-0.1, -0.05) is 36.4 Å². The van der Waals surface area contributed by atoms with Crippen LogP contribution in [0.5, 0.6) is 0 Å². The zero-order valence-electron chi connectivity index (χ0n) is 17.8. The summed E-state index contributed by atoms with van der Waals surface area (Å²) in [6, 6.07) is 18.2. The maximum atomic E-state index is 13.4. The third-order valence-corrected chi connectivity index (χ3v) is 6.40. The van der Waals surface area contributed by atoms with Crippen molar-refractivity contribution in [3.8, 4) is 0 Å². The molecule has 0 spiro atoms. The Kier molecular flexibility index (Phi) is 5.10. The molecule has 0 bridgehead atoms. The van der Waals surface area contributed by atoms with Crippen molar-refractivity contribution in [3.05, 3.63) is 76.9 Å². The lowest BCUT2D eigenvalue weighted by atomic mass is 9.94. The van der Waals surface area contributed by atoms with E-state index in [1.165, 1.54) is 26.4 Å². The van der Waals surface area contributed by atoms with Gasteiger partial charge in [-0.25, -0.2) is 4.79 Å². The monoisotopic (exact) mass is 414 g/mol. The normalized spacial score (nSPS) is 16.0. The highest BCUT2D eigenvalue weighted by molar-refractivity contribution is 6.16. The molecule has 0 radical (unpaired) electrons. The van der Waals surface area contributed by atoms with Crippen LogP contribution in [-0.2, 0) is 17.8 Å². The van der Waals surface area contributed by atoms with E-state index >= 15 is 0 Å². The average molecular weight is 415 g/mol. The van der Waals surface area contributed by atoms with E-state index in [4.69, 9.17) is 4.74 Å². The molecule has 1 amide bonds. The zero-order chi connectivity index (χ0) is 21.4. The molecule has 5 heteroatoms. The number of carbonyl (C=O) groups excluding carboxylic acids is 2. The number of amides is 1. The number of hydrogen-bond donors (Lipinski definition) is 0. The van der Waals surface area contributed by atoms with Crippen LogP contribution in [0.3, 0.4) is 0 Å². The van der Waals surface area contributed by atoms with E-state index in [1.807, 2.05) is 30.3 Å². The SMILES string of the molecule is COC(=O)c1c2c(cc3ccc(N4CCCCC4)cc13)CN(Cc1ccccc1)C2=O. The first-order chi connectivity index (χ1) is 15.2. The summed E-state index contributed by atoms with van der Waals surface area (Å²) in [5.41, 5.74) is 3.95. The summed E-state index contributed by atoms with van der Waals surface area (Å²) in [5, 5.41) is 1.76. The molecule has 3 aromatic rings. The second kappa shape index (κ2) is 8.06. The van der Waals surface area contributed by atoms with Crippen molar-refractivity contribution in [3.63, 3.8) is 0 Å². The highest BCUT2D eigenvalue weighted by Crippen LogP contribution is 2.36. The predicted molar refractivity (Wildman–Crippen MR) is 121 cm³/mol. The number of methoxy groups -OCH3 is 1. The number of fused-ring (bicyclic) bond motifs is 2. The molecule has 158 valence electrons. The molecule has 5 nitrogen and oxygen atoms in total. The van der Waals surface area contributed by atoms with Gasteiger partial charge in [0, 0.05) is 31.9 Å². The Labute approximate surface area is 182 Å². The summed E-state index contributed by atoms with van der Waals surface area (Å²) < 4.78 is 5.13. The Hall–Kier alpha value is -3.34. The van der Waals surface area contributed by atoms with Gasteiger partial charge in [0.15, 0.2) is 0 Å². The summed E-state index contributed by atoms with van der Waals surface area (Å²) in [7, 11) is 1.38. The Bertz CT molecular complexity index is 1150. The van der Waals surface area contributed by atoms with Gasteiger partial charge in [0.2, 0.25) is 0 Å². The molecule has 2 aliphatic heterocycles. The molecule has 2 aliphatic rings. The number of carbonyl (C=O) groups is 2. The van der Waals surface area contributed by atoms with Gasteiger partial charge in [-0.05, 0) is 59.4 Å². The molecule has 3 aromatic carbocycles. The van der Waals surface area contributed by atoms with Crippen molar-refractivity contribution < 1.29 is 14.3 Å². The number of rotatable bonds is 4. The standard InChI is InChI=1S/C26H26N2O3/c1-31-26(30)24-22-15-21(27-12-6-3-7-13-27)11-10-19(22)14-20-17-28(25(29)23(20)24)16-18-8-4-2-5-9-18/h2,4-5,8-11,14-15H,3,6-7,12-13,16-17H2,1H3. The molecule has 0 N–H and O–H groups in total. The Morgan fingerprint density at radius 1 is 1.00 bits per heavy atom. The summed E-state index contributed by atoms with van der Waals surface area (Å²) in [4.78, 5) is 30.4. The summed E-state index contributed by atoms with van der Waals surface area (Å²) in [6.45, 7) is 3.06. The third-order valence-electron chi connectivity index (χ3n) is 6.40. The summed E-state index contributed by atoms with van der Waals surface area (Å²) >= 11 is 0. The first-order valence-electron chi connectivity index (χ1n) is 10.9. The number of nitrogens with zero attached hydrogens (tertiary/aromatic N) is 2. The van der Waals surface area contributed by atoms with Crippen LogP contribution < -0.4 is 4.90 Å². The van der Waals surface area contributed by atoms with Crippen LogP contribution in [-0.4, -0.2) is 37.0 Å². The second-order valence-corrected chi connectivity index (χ2v) is 8.38. The molecular formula is C26H26N2O3. The molecule has 0 aliphatic carbocycles. The van der Waals surface area contributed by atoms with E-state index in [0.29, 0.717) is 24.2 Å². The maximum absolute atomic E-state index is 13.4. The fourth-order valence-electron chi connectivity index (χ4n) is 4.84. The minimum absolute atomic E-state index is 0.107. The predicted octanol–water partition coefficient (Wildman–Crippen LogP) is 4.77. The molecule has 5 rings (SSSR count). The van der Waals surface area contributed by atoms with Crippen LogP contribution in [0.2, 0.25) is 0 Å². The van der Waals surface area contributed by atoms with Gasteiger partial charge in [-0.3, -0.25) is 4.79 Å². The molecular weight excluding hydrogens is 388 g/mol. The molecule has 0 atom stereocenters. The van der Waals surface area contributed by atoms with Crippen LogP contribution in [0.1, 0.15) is 51.1 Å². The van der Waals surface area contributed by atoms with Crippen LogP contribution in [0.4, 0.5) is 5.69 Å². The molecule has 0 saturated carbocycles. The first kappa shape index (κ1) is 19.6. The largest absolute Gasteiger partial charge is 0.465 e. The number of anilines is 1. The Morgan fingerprint density at radius 3 is 2.52 bits per heavy atom. The summed E-state index contributed by atoms with van der Waals surface area (Å²) in [5.74, 6) is -0.558. The molecule has 2 heterocycles. The molecule has 1 saturated heterocycles. The van der Waals surface area contributed by atoms with Gasteiger partial charge in [-0.15, -0.1) is 0 Å². The fourth-order valence-corrected chi connectivity index (χ4v) is 4.84. The van der Waals surface area contributed by atoms with Crippen molar-refractivity contribution in [2.24, 2.45) is 0 Å². The molecule has 1 fully saturated rings. The average Bonchev–Trinajstić information content (AvgIpc) is 3.12. The number of piperidine rings is 1. The van der Waals surface area contributed by atoms with Gasteiger partial charge in [0.05, 0.1) is 18.2 Å². The molecule has 0 aromatic heterocycles. The van der Waals surface area contributed by atoms with E-state index in [2.05, 4.69) is 29.2 Å². The van der Waals surface area contributed by atoms with Crippen LogP contribution in [0.15, 0.2) is 54.6 Å². The number of benzene rings is 3. The fraction of sp³-hybridized carbons (Fsp3) is 0.308. The van der Waals surface area contributed by atoms with Crippen molar-refractivity contribution in [2.45, 2.75) is 32.4 Å². The van der Waals surface area contributed by atoms with Gasteiger partial charge >= 0.3 is 5.97 Å². The highest BCUT2D eigenvalue weighted by Gasteiger charge is 2.34. The highest BCUT2D eigenvalue weighted by atomic mass is 16.5. The minimum Gasteiger partial charge on any atom is -0.465 e. The minimum atomic E-state index is -0.451. The Balaban J connectivity index is 1.59. The zero-order valence-corrected chi connectivity index (χ0v) is 17.8. The second-order valence-electron chi connectivity index (χ2n) is 8.38. The van der Waals surface area contributed by atoms with Crippen LogP contribution in [0.25, 0.3) is 10.8 Å². The number of hydrogen-bond acceptors (Lipinski definition) is 4. The summed E-state index contributed by atoms with van der Waals surface area (Å²) in [6.07, 6.45) is 3.62. The van der Waals surface area contributed by atoms with Crippen molar-refractivity contribution in [1.82, 2.24) is 4.90 Å². The van der Waals surface area contributed by atoms with E-state index in [1.54, 1.807) is 4.90 Å². The maximum Gasteiger partial charge on any atom is 0.339 e. The van der Waals surface area contributed by atoms with Crippen molar-refractivity contribution in [1.29, 1.82) is 0 Å². The third kappa shape index (κ3) is 3.54. The van der Waals surface area contributed by atoms with Crippen LogP contribution >= 0.6 is 0 Å². The lowest BCUT2D eigenvalue weighted by molar-refractivity contribution is 0.0595. The van der Waals surface area contributed by atoms with Gasteiger partial charge in [-0.2, -0.15) is 0 Å². The lowest BCUT2D eigenvalue weighted by Crippen LogP contribution is -2.29. The molecule has 0 unspecified atom stereocenters. The number of ether oxygens (including phenoxy) is 1. The van der Waals surface area contributed by atoms with Gasteiger partial charge in [0.1, 0.15) is 0 Å². The van der Waals surface area contributed by atoms with E-state index in [0.717, 1.165) is 40.7 Å².